The summed E-state index contributed by atoms with van der Waals surface area (Å²) in [5, 5.41) is 3.47. The van der Waals surface area contributed by atoms with Crippen LogP contribution in [0.25, 0.3) is 0 Å². The van der Waals surface area contributed by atoms with Crippen molar-refractivity contribution < 1.29 is 18.0 Å². The van der Waals surface area contributed by atoms with Crippen LogP contribution in [0.2, 0.25) is 5.02 Å². The number of primary amides is 1. The lowest BCUT2D eigenvalue weighted by Gasteiger charge is -2.44. The van der Waals surface area contributed by atoms with Gasteiger partial charge in [-0.25, -0.2) is 0 Å². The minimum atomic E-state index is -3.53. The van der Waals surface area contributed by atoms with E-state index in [4.69, 9.17) is 17.3 Å². The number of carbonyl (C=O) groups is 2. The molecule has 0 aliphatic carbocycles. The molecule has 1 aromatic rings. The highest BCUT2D eigenvalue weighted by atomic mass is 35.5. The van der Waals surface area contributed by atoms with Crippen molar-refractivity contribution in [3.8, 4) is 0 Å². The third kappa shape index (κ3) is 3.85. The smallest absolute Gasteiger partial charge is 0.282 e. The molecule has 33 heavy (non-hydrogen) atoms. The Hall–Kier alpha value is -1.72. The van der Waals surface area contributed by atoms with Crippen molar-refractivity contribution in [2.24, 2.45) is 5.73 Å². The molecule has 9 nitrogen and oxygen atoms in total. The van der Waals surface area contributed by atoms with Crippen LogP contribution in [-0.2, 0) is 21.4 Å². The number of piperidine rings is 2. The molecule has 1 aromatic carbocycles. The van der Waals surface area contributed by atoms with E-state index in [1.54, 1.807) is 25.6 Å². The lowest BCUT2D eigenvalue weighted by atomic mass is 9.97. The maximum absolute atomic E-state index is 13.5. The van der Waals surface area contributed by atoms with Crippen LogP contribution in [0.5, 0.6) is 0 Å². The Balaban J connectivity index is 1.36. The molecule has 2 unspecified atom stereocenters. The predicted molar refractivity (Wildman–Crippen MR) is 125 cm³/mol. The summed E-state index contributed by atoms with van der Waals surface area (Å²) < 4.78 is 30.4. The number of halogens is 1. The molecule has 3 saturated heterocycles. The van der Waals surface area contributed by atoms with Crippen molar-refractivity contribution in [3.05, 3.63) is 28.3 Å². The summed E-state index contributed by atoms with van der Waals surface area (Å²) in [5.74, 6) is -0.665. The van der Waals surface area contributed by atoms with Crippen LogP contribution >= 0.6 is 11.6 Å². The Bertz CT molecular complexity index is 1070. The Kier molecular flexibility index (Phi) is 5.93. The van der Waals surface area contributed by atoms with Crippen molar-refractivity contribution >= 4 is 39.3 Å². The SMILES string of the molecule is CNC1CCN(S(=O)(=O)N2C3CCC2CC(N2C(=O)Cc4cc(C(N)=O)c(Cl)cc42)C3)CC1. The molecule has 5 rings (SSSR count). The molecule has 0 saturated carbocycles. The van der Waals surface area contributed by atoms with Crippen molar-refractivity contribution in [3.63, 3.8) is 0 Å². The van der Waals surface area contributed by atoms with Gasteiger partial charge in [0, 0.05) is 42.9 Å². The third-order valence-electron chi connectivity index (χ3n) is 7.76. The number of anilines is 1. The molecule has 2 amide bonds. The quantitative estimate of drug-likeness (QED) is 0.637. The largest absolute Gasteiger partial charge is 0.366 e. The van der Waals surface area contributed by atoms with Gasteiger partial charge >= 0.3 is 0 Å². The van der Waals surface area contributed by atoms with Gasteiger partial charge in [-0.3, -0.25) is 9.59 Å². The van der Waals surface area contributed by atoms with Crippen LogP contribution in [-0.4, -0.2) is 73.1 Å². The molecule has 0 spiro atoms. The fraction of sp³-hybridized carbons (Fsp3) is 0.636. The number of nitrogens with zero attached hydrogens (tertiary/aromatic N) is 3. The summed E-state index contributed by atoms with van der Waals surface area (Å²) in [6.45, 7) is 1.07. The first-order chi connectivity index (χ1) is 15.7. The molecule has 2 atom stereocenters. The first-order valence-corrected chi connectivity index (χ1v) is 13.4. The number of amides is 2. The number of hydrogen-bond acceptors (Lipinski definition) is 5. The number of rotatable bonds is 5. The fourth-order valence-corrected chi connectivity index (χ4v) is 8.47. The van der Waals surface area contributed by atoms with Gasteiger partial charge in [-0.1, -0.05) is 11.6 Å². The second-order valence-corrected chi connectivity index (χ2v) is 11.8. The Morgan fingerprint density at radius 1 is 1.09 bits per heavy atom. The minimum absolute atomic E-state index is 0.0440. The number of carbonyl (C=O) groups excluding carboxylic acids is 2. The molecule has 2 bridgehead atoms. The fourth-order valence-electron chi connectivity index (χ4n) is 6.15. The Morgan fingerprint density at radius 3 is 2.30 bits per heavy atom. The Morgan fingerprint density at radius 2 is 1.73 bits per heavy atom. The van der Waals surface area contributed by atoms with Crippen LogP contribution in [0, 0.1) is 0 Å². The third-order valence-corrected chi connectivity index (χ3v) is 10.2. The minimum Gasteiger partial charge on any atom is -0.366 e. The number of nitrogens with one attached hydrogen (secondary N) is 1. The molecule has 4 heterocycles. The highest BCUT2D eigenvalue weighted by Gasteiger charge is 2.51. The summed E-state index contributed by atoms with van der Waals surface area (Å²) >= 11 is 6.28. The molecule has 3 fully saturated rings. The van der Waals surface area contributed by atoms with E-state index >= 15 is 0 Å². The van der Waals surface area contributed by atoms with Gasteiger partial charge in [0.15, 0.2) is 0 Å². The molecule has 4 aliphatic rings. The highest BCUT2D eigenvalue weighted by Crippen LogP contribution is 2.44. The number of fused-ring (bicyclic) bond motifs is 3. The normalized spacial score (nSPS) is 29.0. The molecular formula is C22H30ClN5O4S. The average molecular weight is 496 g/mol. The van der Waals surface area contributed by atoms with Gasteiger partial charge in [-0.2, -0.15) is 17.0 Å². The van der Waals surface area contributed by atoms with E-state index in [1.807, 2.05) is 7.05 Å². The van der Waals surface area contributed by atoms with E-state index in [-0.39, 0.29) is 41.0 Å². The lowest BCUT2D eigenvalue weighted by Crippen LogP contribution is -2.58. The number of nitrogens with two attached hydrogens (primary N) is 1. The molecule has 180 valence electrons. The zero-order valence-corrected chi connectivity index (χ0v) is 20.2. The van der Waals surface area contributed by atoms with E-state index in [0.717, 1.165) is 31.2 Å². The summed E-state index contributed by atoms with van der Waals surface area (Å²) in [4.78, 5) is 26.4. The van der Waals surface area contributed by atoms with Gasteiger partial charge in [0.1, 0.15) is 0 Å². The topological polar surface area (TPSA) is 116 Å². The van der Waals surface area contributed by atoms with Gasteiger partial charge in [-0.15, -0.1) is 0 Å². The predicted octanol–water partition coefficient (Wildman–Crippen LogP) is 1.25. The second kappa shape index (κ2) is 8.49. The van der Waals surface area contributed by atoms with Gasteiger partial charge in [0.2, 0.25) is 11.8 Å². The summed E-state index contributed by atoms with van der Waals surface area (Å²) in [6, 6.07) is 3.31. The summed E-state index contributed by atoms with van der Waals surface area (Å²) in [5.41, 5.74) is 7.08. The van der Waals surface area contributed by atoms with Crippen molar-refractivity contribution in [1.82, 2.24) is 13.9 Å². The molecular weight excluding hydrogens is 466 g/mol. The van der Waals surface area contributed by atoms with Gasteiger partial charge in [0.25, 0.3) is 10.2 Å². The zero-order valence-electron chi connectivity index (χ0n) is 18.7. The van der Waals surface area contributed by atoms with E-state index < -0.39 is 16.1 Å². The van der Waals surface area contributed by atoms with E-state index in [2.05, 4.69) is 5.32 Å². The van der Waals surface area contributed by atoms with Gasteiger partial charge < -0.3 is 16.0 Å². The van der Waals surface area contributed by atoms with Crippen molar-refractivity contribution in [2.45, 2.75) is 69.1 Å². The van der Waals surface area contributed by atoms with E-state index in [9.17, 15) is 18.0 Å². The maximum Gasteiger partial charge on any atom is 0.282 e. The number of benzene rings is 1. The van der Waals surface area contributed by atoms with Crippen LogP contribution in [0.15, 0.2) is 12.1 Å². The second-order valence-electron chi connectivity index (χ2n) is 9.58. The zero-order chi connectivity index (χ0) is 23.5. The van der Waals surface area contributed by atoms with E-state index in [0.29, 0.717) is 37.7 Å². The number of hydrogen-bond donors (Lipinski definition) is 2. The van der Waals surface area contributed by atoms with Gasteiger partial charge in [-0.05, 0) is 63.3 Å². The lowest BCUT2D eigenvalue weighted by molar-refractivity contribution is -0.118. The monoisotopic (exact) mass is 495 g/mol. The van der Waals surface area contributed by atoms with Crippen LogP contribution in [0.4, 0.5) is 5.69 Å². The van der Waals surface area contributed by atoms with Crippen LogP contribution < -0.4 is 16.0 Å². The molecule has 4 aliphatic heterocycles. The standard InChI is InChI=1S/C22H30ClN5O4S/c1-25-14-4-6-26(7-5-14)33(31,32)28-15-2-3-16(28)11-17(10-15)27-20-12-19(23)18(22(24)30)8-13(20)9-21(27)29/h8,12,14-17,25H,2-7,9-11H2,1H3,(H2,24,30). The first-order valence-electron chi connectivity index (χ1n) is 11.6. The summed E-state index contributed by atoms with van der Waals surface area (Å²) in [7, 11) is -1.62. The first kappa shape index (κ1) is 23.0. The molecule has 11 heteroatoms. The maximum atomic E-state index is 13.5. The molecule has 3 N–H and O–H groups in total. The average Bonchev–Trinajstić information content (AvgIpc) is 3.25. The van der Waals surface area contributed by atoms with Crippen molar-refractivity contribution in [2.75, 3.05) is 25.0 Å². The molecule has 0 aromatic heterocycles. The van der Waals surface area contributed by atoms with Crippen molar-refractivity contribution in [1.29, 1.82) is 0 Å². The molecule has 0 radical (unpaired) electrons. The van der Waals surface area contributed by atoms with E-state index in [1.165, 1.54) is 0 Å². The highest BCUT2D eigenvalue weighted by molar-refractivity contribution is 7.86. The van der Waals surface area contributed by atoms with Crippen LogP contribution in [0.1, 0.15) is 54.4 Å². The summed E-state index contributed by atoms with van der Waals surface area (Å²) in [6.07, 6.45) is 4.64. The Labute approximate surface area is 199 Å². The van der Waals surface area contributed by atoms with Crippen LogP contribution in [0.3, 0.4) is 0 Å². The van der Waals surface area contributed by atoms with Gasteiger partial charge in [0.05, 0.1) is 17.0 Å².